The molecule has 72 valence electrons. The molecule has 2 heterocycles. The normalized spacial score (nSPS) is 23.8. The lowest BCUT2D eigenvalue weighted by Gasteiger charge is -2.13. The molecule has 0 radical (unpaired) electrons. The maximum atomic E-state index is 5.39. The van der Waals surface area contributed by atoms with E-state index in [9.17, 15) is 0 Å². The number of hydrogen-bond acceptors (Lipinski definition) is 4. The van der Waals surface area contributed by atoms with Gasteiger partial charge in [-0.3, -0.25) is 0 Å². The maximum absolute atomic E-state index is 5.39. The molecule has 0 spiro atoms. The molecule has 1 aromatic heterocycles. The molecule has 1 aromatic rings. The summed E-state index contributed by atoms with van der Waals surface area (Å²) in [5.41, 5.74) is 0. The summed E-state index contributed by atoms with van der Waals surface area (Å²) in [6.07, 6.45) is 5.28. The van der Waals surface area contributed by atoms with Crippen molar-refractivity contribution >= 4 is 16.5 Å². The first-order valence-corrected chi connectivity index (χ1v) is 5.57. The largest absolute Gasteiger partial charge is 0.381 e. The van der Waals surface area contributed by atoms with Gasteiger partial charge in [-0.15, -0.1) is 11.3 Å². The summed E-state index contributed by atoms with van der Waals surface area (Å²) in [6, 6.07) is 0.550. The molecule has 1 aliphatic rings. The number of rotatable bonds is 2. The zero-order valence-corrected chi connectivity index (χ0v) is 8.35. The molecule has 0 bridgehead atoms. The first kappa shape index (κ1) is 8.97. The Labute approximate surface area is 82.1 Å². The fourth-order valence-corrected chi connectivity index (χ4v) is 2.12. The van der Waals surface area contributed by atoms with Crippen LogP contribution in [0.15, 0.2) is 11.6 Å². The van der Waals surface area contributed by atoms with E-state index in [1.807, 2.05) is 11.6 Å². The van der Waals surface area contributed by atoms with Gasteiger partial charge in [-0.25, -0.2) is 4.98 Å². The Morgan fingerprint density at radius 1 is 1.46 bits per heavy atom. The van der Waals surface area contributed by atoms with Crippen LogP contribution in [0.3, 0.4) is 0 Å². The lowest BCUT2D eigenvalue weighted by molar-refractivity contribution is 0.144. The van der Waals surface area contributed by atoms with Crippen molar-refractivity contribution < 1.29 is 4.74 Å². The molecule has 0 saturated carbocycles. The van der Waals surface area contributed by atoms with Crippen LogP contribution in [0.5, 0.6) is 0 Å². The first-order chi connectivity index (χ1) is 6.45. The Bertz CT molecular complexity index is 230. The molecule has 13 heavy (non-hydrogen) atoms. The predicted molar refractivity (Wildman–Crippen MR) is 54.2 cm³/mol. The van der Waals surface area contributed by atoms with Crippen molar-refractivity contribution in [2.45, 2.75) is 25.3 Å². The van der Waals surface area contributed by atoms with Gasteiger partial charge in [0.1, 0.15) is 0 Å². The third kappa shape index (κ3) is 2.67. The second kappa shape index (κ2) is 4.58. The molecule has 2 rings (SSSR count). The molecule has 4 heteroatoms. The summed E-state index contributed by atoms with van der Waals surface area (Å²) in [6.45, 7) is 1.79. The number of hydrogen-bond donors (Lipinski definition) is 1. The highest BCUT2D eigenvalue weighted by Gasteiger charge is 2.12. The van der Waals surface area contributed by atoms with Crippen LogP contribution >= 0.6 is 11.3 Å². The van der Waals surface area contributed by atoms with Gasteiger partial charge in [0.05, 0.1) is 0 Å². The van der Waals surface area contributed by atoms with E-state index < -0.39 is 0 Å². The first-order valence-electron chi connectivity index (χ1n) is 4.69. The van der Waals surface area contributed by atoms with Crippen molar-refractivity contribution in [1.82, 2.24) is 4.98 Å². The van der Waals surface area contributed by atoms with Gasteiger partial charge in [-0.2, -0.15) is 0 Å². The summed E-state index contributed by atoms with van der Waals surface area (Å²) in [5, 5.41) is 6.46. The average molecular weight is 198 g/mol. The highest BCUT2D eigenvalue weighted by atomic mass is 32.1. The van der Waals surface area contributed by atoms with Gasteiger partial charge in [0, 0.05) is 30.8 Å². The van der Waals surface area contributed by atoms with Crippen LogP contribution in [-0.4, -0.2) is 24.2 Å². The molecule has 0 amide bonds. The van der Waals surface area contributed by atoms with E-state index in [4.69, 9.17) is 4.74 Å². The number of thiazole rings is 1. The second-order valence-corrected chi connectivity index (χ2v) is 4.12. The SMILES string of the molecule is c1csc(NC2CCCOCC2)n1. The minimum absolute atomic E-state index is 0.550. The van der Waals surface area contributed by atoms with E-state index in [0.717, 1.165) is 31.2 Å². The summed E-state index contributed by atoms with van der Waals surface area (Å²) in [7, 11) is 0. The van der Waals surface area contributed by atoms with Gasteiger partial charge in [-0.1, -0.05) is 0 Å². The Kier molecular flexibility index (Phi) is 3.16. The number of nitrogens with zero attached hydrogens (tertiary/aromatic N) is 1. The van der Waals surface area contributed by atoms with Crippen molar-refractivity contribution in [3.05, 3.63) is 11.6 Å². The molecule has 3 nitrogen and oxygen atoms in total. The average Bonchev–Trinajstić information content (AvgIpc) is 2.49. The van der Waals surface area contributed by atoms with Gasteiger partial charge >= 0.3 is 0 Å². The van der Waals surface area contributed by atoms with Crippen LogP contribution in [0.2, 0.25) is 0 Å². The van der Waals surface area contributed by atoms with Crippen LogP contribution in [0.4, 0.5) is 5.13 Å². The molecule has 0 aliphatic carbocycles. The summed E-state index contributed by atoms with van der Waals surface area (Å²) < 4.78 is 5.39. The smallest absolute Gasteiger partial charge is 0.182 e. The minimum Gasteiger partial charge on any atom is -0.381 e. The molecule has 1 N–H and O–H groups in total. The molecular weight excluding hydrogens is 184 g/mol. The highest BCUT2D eigenvalue weighted by molar-refractivity contribution is 7.13. The van der Waals surface area contributed by atoms with Crippen molar-refractivity contribution in [3.63, 3.8) is 0 Å². The lowest BCUT2D eigenvalue weighted by Crippen LogP contribution is -2.19. The number of ether oxygens (including phenoxy) is 1. The van der Waals surface area contributed by atoms with Crippen LogP contribution in [0, 0.1) is 0 Å². The third-order valence-corrected chi connectivity index (χ3v) is 2.92. The zero-order valence-electron chi connectivity index (χ0n) is 7.53. The van der Waals surface area contributed by atoms with Gasteiger partial charge in [0.25, 0.3) is 0 Å². The fourth-order valence-electron chi connectivity index (χ4n) is 1.52. The Morgan fingerprint density at radius 2 is 2.46 bits per heavy atom. The fraction of sp³-hybridized carbons (Fsp3) is 0.667. The second-order valence-electron chi connectivity index (χ2n) is 3.22. The van der Waals surface area contributed by atoms with Crippen molar-refractivity contribution in [1.29, 1.82) is 0 Å². The third-order valence-electron chi connectivity index (χ3n) is 2.21. The molecule has 1 saturated heterocycles. The van der Waals surface area contributed by atoms with E-state index in [2.05, 4.69) is 10.3 Å². The van der Waals surface area contributed by atoms with Gasteiger partial charge < -0.3 is 10.1 Å². The van der Waals surface area contributed by atoms with Crippen LogP contribution < -0.4 is 5.32 Å². The van der Waals surface area contributed by atoms with Gasteiger partial charge in [0.2, 0.25) is 0 Å². The number of aromatic nitrogens is 1. The van der Waals surface area contributed by atoms with Gasteiger partial charge in [0.15, 0.2) is 5.13 Å². The Balaban J connectivity index is 1.86. The van der Waals surface area contributed by atoms with Crippen molar-refractivity contribution in [2.75, 3.05) is 18.5 Å². The quantitative estimate of drug-likeness (QED) is 0.790. The number of nitrogens with one attached hydrogen (secondary N) is 1. The van der Waals surface area contributed by atoms with E-state index in [-0.39, 0.29) is 0 Å². The molecule has 1 fully saturated rings. The lowest BCUT2D eigenvalue weighted by atomic mass is 10.1. The standard InChI is InChI=1S/C9H14N2OS/c1-2-8(3-6-12-5-1)11-9-10-4-7-13-9/h4,7-8H,1-3,5-6H2,(H,10,11). The summed E-state index contributed by atoms with van der Waals surface area (Å²) >= 11 is 1.66. The molecule has 0 aromatic carbocycles. The van der Waals surface area contributed by atoms with Crippen LogP contribution in [-0.2, 0) is 4.74 Å². The molecule has 1 unspecified atom stereocenters. The Morgan fingerprint density at radius 3 is 3.31 bits per heavy atom. The highest BCUT2D eigenvalue weighted by Crippen LogP contribution is 2.17. The zero-order chi connectivity index (χ0) is 8.93. The van der Waals surface area contributed by atoms with Crippen LogP contribution in [0.25, 0.3) is 0 Å². The summed E-state index contributed by atoms with van der Waals surface area (Å²) in [5.74, 6) is 0. The van der Waals surface area contributed by atoms with Gasteiger partial charge in [-0.05, 0) is 19.3 Å². The summed E-state index contributed by atoms with van der Waals surface area (Å²) in [4.78, 5) is 4.21. The van der Waals surface area contributed by atoms with Crippen molar-refractivity contribution in [3.8, 4) is 0 Å². The van der Waals surface area contributed by atoms with E-state index in [1.54, 1.807) is 11.3 Å². The van der Waals surface area contributed by atoms with E-state index >= 15 is 0 Å². The number of anilines is 1. The Hall–Kier alpha value is -0.610. The maximum Gasteiger partial charge on any atom is 0.182 e. The monoisotopic (exact) mass is 198 g/mol. The van der Waals surface area contributed by atoms with E-state index in [1.165, 1.54) is 6.42 Å². The molecule has 1 atom stereocenters. The molecular formula is C9H14N2OS. The van der Waals surface area contributed by atoms with Crippen LogP contribution in [0.1, 0.15) is 19.3 Å². The topological polar surface area (TPSA) is 34.1 Å². The minimum atomic E-state index is 0.550. The predicted octanol–water partition coefficient (Wildman–Crippen LogP) is 2.12. The van der Waals surface area contributed by atoms with E-state index in [0.29, 0.717) is 6.04 Å². The van der Waals surface area contributed by atoms with Crippen molar-refractivity contribution in [2.24, 2.45) is 0 Å². The molecule has 1 aliphatic heterocycles.